The lowest BCUT2D eigenvalue weighted by atomic mass is 9.95. The lowest BCUT2D eigenvalue weighted by Gasteiger charge is -2.42. The molecule has 0 spiro atoms. The number of benzene rings is 1. The topological polar surface area (TPSA) is 75.4 Å². The molecule has 5 heteroatoms. The molecule has 102 valence electrons. The van der Waals surface area contributed by atoms with Crippen LogP contribution >= 0.6 is 0 Å². The van der Waals surface area contributed by atoms with Crippen LogP contribution in [0.2, 0.25) is 0 Å². The lowest BCUT2D eigenvalue weighted by molar-refractivity contribution is -0.135. The van der Waals surface area contributed by atoms with Crippen molar-refractivity contribution < 1.29 is 9.59 Å². The maximum absolute atomic E-state index is 12.0. The molecule has 1 atom stereocenters. The molecule has 1 unspecified atom stereocenters. The summed E-state index contributed by atoms with van der Waals surface area (Å²) in [6.07, 6.45) is 0. The van der Waals surface area contributed by atoms with Crippen LogP contribution in [-0.4, -0.2) is 23.9 Å². The largest absolute Gasteiger partial charge is 0.348 e. The average molecular weight is 261 g/mol. The molecule has 0 aromatic heterocycles. The van der Waals surface area contributed by atoms with E-state index in [1.807, 2.05) is 36.1 Å². The van der Waals surface area contributed by atoms with Crippen molar-refractivity contribution in [2.75, 3.05) is 11.4 Å². The summed E-state index contributed by atoms with van der Waals surface area (Å²) in [5.41, 5.74) is 6.96. The molecule has 0 bridgehead atoms. The number of nitrogens with zero attached hydrogens (tertiary/aromatic N) is 1. The van der Waals surface area contributed by atoms with Gasteiger partial charge in [0.15, 0.2) is 0 Å². The van der Waals surface area contributed by atoms with E-state index in [1.165, 1.54) is 0 Å². The summed E-state index contributed by atoms with van der Waals surface area (Å²) in [4.78, 5) is 25.4. The van der Waals surface area contributed by atoms with Gasteiger partial charge in [-0.1, -0.05) is 18.2 Å². The molecule has 0 radical (unpaired) electrons. The van der Waals surface area contributed by atoms with Crippen LogP contribution in [0.4, 0.5) is 5.69 Å². The second kappa shape index (κ2) is 4.66. The van der Waals surface area contributed by atoms with Gasteiger partial charge in [0, 0.05) is 11.7 Å². The standard InChI is InChI=1S/C14H19N3O2/c1-9(15)10-6-4-5-7-11(10)17-8-12(18)16-13(19)14(17,2)3/h4-7,9H,8,15H2,1-3H3,(H,16,18,19). The van der Waals surface area contributed by atoms with Crippen molar-refractivity contribution in [2.45, 2.75) is 32.4 Å². The molecule has 2 rings (SSSR count). The first-order chi connectivity index (χ1) is 8.84. The van der Waals surface area contributed by atoms with Gasteiger partial charge in [0.1, 0.15) is 5.54 Å². The van der Waals surface area contributed by atoms with E-state index in [1.54, 1.807) is 13.8 Å². The maximum Gasteiger partial charge on any atom is 0.251 e. The highest BCUT2D eigenvalue weighted by Crippen LogP contribution is 2.31. The normalized spacial score (nSPS) is 20.1. The van der Waals surface area contributed by atoms with Crippen LogP contribution in [0.1, 0.15) is 32.4 Å². The smallest absolute Gasteiger partial charge is 0.251 e. The maximum atomic E-state index is 12.0. The van der Waals surface area contributed by atoms with Gasteiger partial charge in [-0.25, -0.2) is 0 Å². The predicted octanol–water partition coefficient (Wildman–Crippen LogP) is 0.948. The number of amides is 2. The van der Waals surface area contributed by atoms with Crippen molar-refractivity contribution in [1.82, 2.24) is 5.32 Å². The molecule has 1 aliphatic heterocycles. The Morgan fingerprint density at radius 3 is 2.58 bits per heavy atom. The summed E-state index contributed by atoms with van der Waals surface area (Å²) in [6, 6.07) is 7.45. The van der Waals surface area contributed by atoms with Gasteiger partial charge >= 0.3 is 0 Å². The molecule has 1 fully saturated rings. The van der Waals surface area contributed by atoms with Crippen LogP contribution in [0.25, 0.3) is 0 Å². The fraction of sp³-hybridized carbons (Fsp3) is 0.429. The van der Waals surface area contributed by atoms with Crippen LogP contribution in [0.3, 0.4) is 0 Å². The number of rotatable bonds is 2. The third-order valence-electron chi connectivity index (χ3n) is 3.50. The minimum absolute atomic E-state index is 0.155. The highest BCUT2D eigenvalue weighted by Gasteiger charge is 2.41. The van der Waals surface area contributed by atoms with Crippen molar-refractivity contribution in [2.24, 2.45) is 5.73 Å². The van der Waals surface area contributed by atoms with Crippen molar-refractivity contribution >= 4 is 17.5 Å². The zero-order valence-electron chi connectivity index (χ0n) is 11.4. The van der Waals surface area contributed by atoms with Crippen molar-refractivity contribution in [3.8, 4) is 0 Å². The second-order valence-electron chi connectivity index (χ2n) is 5.37. The van der Waals surface area contributed by atoms with E-state index < -0.39 is 5.54 Å². The van der Waals surface area contributed by atoms with Crippen molar-refractivity contribution in [1.29, 1.82) is 0 Å². The quantitative estimate of drug-likeness (QED) is 0.777. The summed E-state index contributed by atoms with van der Waals surface area (Å²) in [5, 5.41) is 2.37. The van der Waals surface area contributed by atoms with Gasteiger partial charge in [0.05, 0.1) is 6.54 Å². The Hall–Kier alpha value is -1.88. The molecule has 1 saturated heterocycles. The molecular formula is C14H19N3O2. The predicted molar refractivity (Wildman–Crippen MR) is 73.6 cm³/mol. The first kappa shape index (κ1) is 13.5. The van der Waals surface area contributed by atoms with Crippen LogP contribution in [0.15, 0.2) is 24.3 Å². The minimum Gasteiger partial charge on any atom is -0.348 e. The number of carbonyl (C=O) groups is 2. The molecule has 19 heavy (non-hydrogen) atoms. The number of nitrogens with one attached hydrogen (secondary N) is 1. The number of imide groups is 1. The Bertz CT molecular complexity index is 523. The van der Waals surface area contributed by atoms with Gasteiger partial charge in [0.25, 0.3) is 5.91 Å². The van der Waals surface area contributed by atoms with E-state index in [0.29, 0.717) is 0 Å². The lowest BCUT2D eigenvalue weighted by Crippen LogP contribution is -2.64. The molecule has 1 aliphatic rings. The molecular weight excluding hydrogens is 242 g/mol. The first-order valence-electron chi connectivity index (χ1n) is 6.30. The number of anilines is 1. The Balaban J connectivity index is 2.50. The molecule has 1 heterocycles. The van der Waals surface area contributed by atoms with Crippen LogP contribution < -0.4 is 16.0 Å². The highest BCUT2D eigenvalue weighted by atomic mass is 16.2. The molecule has 2 amide bonds. The minimum atomic E-state index is -0.779. The SMILES string of the molecule is CC(N)c1ccccc1N1CC(=O)NC(=O)C1(C)C. The molecule has 1 aromatic carbocycles. The van der Waals surface area contributed by atoms with Gasteiger partial charge in [0.2, 0.25) is 5.91 Å². The monoisotopic (exact) mass is 261 g/mol. The zero-order valence-corrected chi connectivity index (χ0v) is 11.4. The van der Waals surface area contributed by atoms with Gasteiger partial charge in [-0.3, -0.25) is 14.9 Å². The van der Waals surface area contributed by atoms with E-state index in [4.69, 9.17) is 5.73 Å². The molecule has 0 aliphatic carbocycles. The molecule has 1 aromatic rings. The van der Waals surface area contributed by atoms with Crippen molar-refractivity contribution in [3.63, 3.8) is 0 Å². The van der Waals surface area contributed by atoms with E-state index in [0.717, 1.165) is 11.3 Å². The average Bonchev–Trinajstić information content (AvgIpc) is 2.34. The summed E-state index contributed by atoms with van der Waals surface area (Å²) in [5.74, 6) is -0.577. The van der Waals surface area contributed by atoms with Gasteiger partial charge in [-0.05, 0) is 32.4 Å². The number of carbonyl (C=O) groups excluding carboxylic acids is 2. The Labute approximate surface area is 112 Å². The highest BCUT2D eigenvalue weighted by molar-refractivity contribution is 6.06. The molecule has 0 saturated carbocycles. The number of nitrogens with two attached hydrogens (primary N) is 1. The van der Waals surface area contributed by atoms with Gasteiger partial charge in [-0.2, -0.15) is 0 Å². The van der Waals surface area contributed by atoms with Crippen LogP contribution in [0, 0.1) is 0 Å². The van der Waals surface area contributed by atoms with E-state index in [9.17, 15) is 9.59 Å². The number of piperazine rings is 1. The van der Waals surface area contributed by atoms with Crippen LogP contribution in [0.5, 0.6) is 0 Å². The van der Waals surface area contributed by atoms with Crippen LogP contribution in [-0.2, 0) is 9.59 Å². The fourth-order valence-corrected chi connectivity index (χ4v) is 2.29. The summed E-state index contributed by atoms with van der Waals surface area (Å²) in [7, 11) is 0. The fourth-order valence-electron chi connectivity index (χ4n) is 2.29. The van der Waals surface area contributed by atoms with E-state index in [-0.39, 0.29) is 24.4 Å². The summed E-state index contributed by atoms with van der Waals surface area (Å²) >= 11 is 0. The zero-order chi connectivity index (χ0) is 14.2. The Morgan fingerprint density at radius 1 is 1.32 bits per heavy atom. The number of para-hydroxylation sites is 1. The summed E-state index contributed by atoms with van der Waals surface area (Å²) in [6.45, 7) is 5.64. The third-order valence-corrected chi connectivity index (χ3v) is 3.50. The second-order valence-corrected chi connectivity index (χ2v) is 5.37. The summed E-state index contributed by atoms with van der Waals surface area (Å²) < 4.78 is 0. The van der Waals surface area contributed by atoms with E-state index >= 15 is 0 Å². The Kier molecular flexibility index (Phi) is 3.32. The first-order valence-corrected chi connectivity index (χ1v) is 6.30. The van der Waals surface area contributed by atoms with Gasteiger partial charge in [-0.15, -0.1) is 0 Å². The van der Waals surface area contributed by atoms with Gasteiger partial charge < -0.3 is 10.6 Å². The van der Waals surface area contributed by atoms with E-state index in [2.05, 4.69) is 5.32 Å². The number of hydrogen-bond donors (Lipinski definition) is 2. The molecule has 3 N–H and O–H groups in total. The van der Waals surface area contributed by atoms with Crippen molar-refractivity contribution in [3.05, 3.63) is 29.8 Å². The Morgan fingerprint density at radius 2 is 1.95 bits per heavy atom. The number of hydrogen-bond acceptors (Lipinski definition) is 4. The molecule has 5 nitrogen and oxygen atoms in total. The third kappa shape index (κ3) is 2.33.